The zero-order chi connectivity index (χ0) is 32.4. The highest BCUT2D eigenvalue weighted by Gasteiger charge is 2.19. The number of nitrogens with zero attached hydrogens (tertiary/aromatic N) is 2. The van der Waals surface area contributed by atoms with Crippen LogP contribution in [0.4, 0.5) is 0 Å². The Hall–Kier alpha value is -4.32. The molecule has 0 N–H and O–H groups in total. The van der Waals surface area contributed by atoms with Gasteiger partial charge in [-0.3, -0.25) is 0 Å². The van der Waals surface area contributed by atoms with Crippen molar-refractivity contribution in [3.8, 4) is 45.5 Å². The molecule has 6 bridgehead atoms. The topological polar surface area (TPSA) is 62.7 Å². The third kappa shape index (κ3) is 7.69. The maximum absolute atomic E-state index is 6.50. The standard InChI is InChI=1S/C42H48N2O4/c1-3-7-11-27-45-35-17-15-19-37-39(35)33-25-23-31-21-22-32-24-26-34(44-42(32)41(31)43-33)40-36(46-28-12-8-4-1)18-16-20-38(40)48-30-14-10-6-2-5-9-13-29-47-37/h15-26H,1-14,27-30H2. The fourth-order valence-corrected chi connectivity index (χ4v) is 6.96. The van der Waals surface area contributed by atoms with Crippen LogP contribution in [0.2, 0.25) is 0 Å². The Bertz CT molecular complexity index is 1630. The molecule has 0 radical (unpaired) electrons. The first-order chi connectivity index (χ1) is 23.8. The molecule has 0 saturated carbocycles. The summed E-state index contributed by atoms with van der Waals surface area (Å²) in [4.78, 5) is 10.6. The molecule has 6 nitrogen and oxygen atoms in total. The van der Waals surface area contributed by atoms with E-state index in [1.165, 1.54) is 38.5 Å². The summed E-state index contributed by atoms with van der Waals surface area (Å²) in [6.45, 7) is 2.70. The fraction of sp³-hybridized carbons (Fsp3) is 0.429. The molecular weight excluding hydrogens is 596 g/mol. The summed E-state index contributed by atoms with van der Waals surface area (Å²) < 4.78 is 26.0. The van der Waals surface area contributed by atoms with E-state index in [0.717, 1.165) is 119 Å². The number of hydrogen-bond donors (Lipinski definition) is 0. The fourth-order valence-electron chi connectivity index (χ4n) is 6.96. The molecule has 250 valence electrons. The highest BCUT2D eigenvalue weighted by Crippen LogP contribution is 2.41. The van der Waals surface area contributed by atoms with Gasteiger partial charge in [0.05, 0.1) is 60.0 Å². The summed E-state index contributed by atoms with van der Waals surface area (Å²) >= 11 is 0. The summed E-state index contributed by atoms with van der Waals surface area (Å²) in [5, 5.41) is 2.07. The van der Waals surface area contributed by atoms with Crippen molar-refractivity contribution in [2.45, 2.75) is 89.9 Å². The Labute approximate surface area is 284 Å². The number of hydrogen-bond acceptors (Lipinski definition) is 6. The van der Waals surface area contributed by atoms with Crippen LogP contribution < -0.4 is 18.9 Å². The molecule has 0 amide bonds. The smallest absolute Gasteiger partial charge is 0.132 e. The lowest BCUT2D eigenvalue weighted by Gasteiger charge is -2.17. The number of pyridine rings is 2. The molecule has 0 unspecified atom stereocenters. The molecule has 2 aliphatic heterocycles. The van der Waals surface area contributed by atoms with Crippen molar-refractivity contribution in [3.05, 3.63) is 72.8 Å². The Balaban J connectivity index is 1.39. The van der Waals surface area contributed by atoms with Crippen LogP contribution in [0, 0.1) is 0 Å². The second kappa shape index (κ2) is 16.2. The van der Waals surface area contributed by atoms with Crippen molar-refractivity contribution in [1.29, 1.82) is 0 Å². The van der Waals surface area contributed by atoms with Gasteiger partial charge in [-0.1, -0.05) is 101 Å². The van der Waals surface area contributed by atoms with Gasteiger partial charge in [0.1, 0.15) is 23.0 Å². The molecule has 0 aliphatic carbocycles. The maximum Gasteiger partial charge on any atom is 0.132 e. The van der Waals surface area contributed by atoms with E-state index in [9.17, 15) is 0 Å². The minimum atomic E-state index is 0.675. The van der Waals surface area contributed by atoms with Crippen molar-refractivity contribution in [2.75, 3.05) is 26.4 Å². The van der Waals surface area contributed by atoms with E-state index >= 15 is 0 Å². The van der Waals surface area contributed by atoms with Gasteiger partial charge in [-0.25, -0.2) is 9.97 Å². The van der Waals surface area contributed by atoms with Crippen LogP contribution in [0.3, 0.4) is 0 Å². The van der Waals surface area contributed by atoms with E-state index in [2.05, 4.69) is 60.7 Å². The first-order valence-corrected chi connectivity index (χ1v) is 18.3. The van der Waals surface area contributed by atoms with Crippen LogP contribution in [0.25, 0.3) is 44.3 Å². The van der Waals surface area contributed by atoms with Gasteiger partial charge in [0, 0.05) is 10.8 Å². The van der Waals surface area contributed by atoms with E-state index in [4.69, 9.17) is 28.9 Å². The van der Waals surface area contributed by atoms with E-state index < -0.39 is 0 Å². The SMILES string of the molecule is c1cc2c3c(c1)OCCCCCCCCCOc1cccc(c1-c1ccc4ccc5ccc-3nc5c4n1)OCCCCCCCCCO2. The van der Waals surface area contributed by atoms with Gasteiger partial charge in [0.2, 0.25) is 0 Å². The molecule has 7 rings (SSSR count). The summed E-state index contributed by atoms with van der Waals surface area (Å²) in [6, 6.07) is 25.0. The molecule has 5 aromatic rings. The molecule has 2 aliphatic rings. The first kappa shape index (κ1) is 32.2. The van der Waals surface area contributed by atoms with Crippen LogP contribution in [0.1, 0.15) is 89.9 Å². The molecule has 3 aromatic carbocycles. The molecule has 2 aromatic heterocycles. The van der Waals surface area contributed by atoms with Crippen LogP contribution in [0.5, 0.6) is 23.0 Å². The number of aromatic nitrogens is 2. The van der Waals surface area contributed by atoms with Gasteiger partial charge in [0.15, 0.2) is 0 Å². The van der Waals surface area contributed by atoms with Gasteiger partial charge < -0.3 is 18.9 Å². The number of ether oxygens (including phenoxy) is 4. The number of rotatable bonds is 0. The van der Waals surface area contributed by atoms with Gasteiger partial charge in [-0.15, -0.1) is 0 Å². The second-order valence-electron chi connectivity index (χ2n) is 13.2. The van der Waals surface area contributed by atoms with Crippen molar-refractivity contribution in [2.24, 2.45) is 0 Å². The van der Waals surface area contributed by atoms with Crippen LogP contribution >= 0.6 is 0 Å². The highest BCUT2D eigenvalue weighted by molar-refractivity contribution is 6.04. The van der Waals surface area contributed by atoms with Crippen molar-refractivity contribution >= 4 is 21.8 Å². The third-order valence-corrected chi connectivity index (χ3v) is 9.62. The van der Waals surface area contributed by atoms with Crippen LogP contribution in [-0.2, 0) is 0 Å². The van der Waals surface area contributed by atoms with Crippen molar-refractivity contribution < 1.29 is 18.9 Å². The minimum absolute atomic E-state index is 0.675. The molecule has 0 fully saturated rings. The monoisotopic (exact) mass is 644 g/mol. The van der Waals surface area contributed by atoms with E-state index in [-0.39, 0.29) is 0 Å². The lowest BCUT2D eigenvalue weighted by Crippen LogP contribution is -2.04. The summed E-state index contributed by atoms with van der Waals surface area (Å²) in [7, 11) is 0. The van der Waals surface area contributed by atoms with Gasteiger partial charge in [-0.05, 0) is 62.1 Å². The lowest BCUT2D eigenvalue weighted by molar-refractivity contribution is 0.288. The Morgan fingerprint density at radius 2 is 0.625 bits per heavy atom. The Kier molecular flexibility index (Phi) is 10.9. The molecule has 0 atom stereocenters. The van der Waals surface area contributed by atoms with Crippen molar-refractivity contribution in [1.82, 2.24) is 9.97 Å². The van der Waals surface area contributed by atoms with E-state index in [1.54, 1.807) is 0 Å². The van der Waals surface area contributed by atoms with Crippen molar-refractivity contribution in [3.63, 3.8) is 0 Å². The minimum Gasteiger partial charge on any atom is -0.493 e. The van der Waals surface area contributed by atoms with Crippen LogP contribution in [-0.4, -0.2) is 36.4 Å². The molecule has 0 saturated heterocycles. The Morgan fingerprint density at radius 3 is 0.958 bits per heavy atom. The maximum atomic E-state index is 6.50. The lowest BCUT2D eigenvalue weighted by atomic mass is 10.0. The van der Waals surface area contributed by atoms with Gasteiger partial charge in [-0.2, -0.15) is 0 Å². The first-order valence-electron chi connectivity index (χ1n) is 18.3. The normalized spacial score (nSPS) is 17.2. The molecule has 48 heavy (non-hydrogen) atoms. The highest BCUT2D eigenvalue weighted by atomic mass is 16.5. The molecule has 4 heterocycles. The number of benzene rings is 3. The Morgan fingerprint density at radius 1 is 0.333 bits per heavy atom. The molecule has 0 spiro atoms. The van der Waals surface area contributed by atoms with Gasteiger partial charge >= 0.3 is 0 Å². The third-order valence-electron chi connectivity index (χ3n) is 9.62. The second-order valence-corrected chi connectivity index (χ2v) is 13.2. The predicted octanol–water partition coefficient (Wildman–Crippen LogP) is 11.1. The largest absolute Gasteiger partial charge is 0.493 e. The summed E-state index contributed by atoms with van der Waals surface area (Å²) in [6.07, 6.45) is 16.1. The van der Waals surface area contributed by atoms with Gasteiger partial charge in [0.25, 0.3) is 0 Å². The van der Waals surface area contributed by atoms with E-state index in [1.807, 2.05) is 12.1 Å². The zero-order valence-corrected chi connectivity index (χ0v) is 28.2. The average Bonchev–Trinajstić information content (AvgIpc) is 3.11. The molecule has 6 heteroatoms. The predicted molar refractivity (Wildman–Crippen MR) is 195 cm³/mol. The summed E-state index contributed by atoms with van der Waals surface area (Å²) in [5.74, 6) is 3.30. The van der Waals surface area contributed by atoms with Crippen LogP contribution in [0.15, 0.2) is 72.8 Å². The zero-order valence-electron chi connectivity index (χ0n) is 28.2. The summed E-state index contributed by atoms with van der Waals surface area (Å²) in [5.41, 5.74) is 5.20. The molecular formula is C42H48N2O4. The quantitative estimate of drug-likeness (QED) is 0.156. The van der Waals surface area contributed by atoms with E-state index in [0.29, 0.717) is 26.4 Å². The average molecular weight is 645 g/mol.